The largest absolute Gasteiger partial charge is 0.354 e. The average Bonchev–Trinajstić information content (AvgIpc) is 2.65. The molecule has 1 aromatic heterocycles. The van der Waals surface area contributed by atoms with Crippen LogP contribution in [0.1, 0.15) is 11.1 Å². The second-order valence-corrected chi connectivity index (χ2v) is 7.45. The van der Waals surface area contributed by atoms with Crippen molar-refractivity contribution in [2.24, 2.45) is 0 Å². The molecule has 0 fully saturated rings. The second kappa shape index (κ2) is 7.43. The fraction of sp³-hybridized carbons (Fsp3) is 0.0526. The first-order valence-corrected chi connectivity index (χ1v) is 9.38. The monoisotopic (exact) mass is 382 g/mol. The van der Waals surface area contributed by atoms with E-state index in [0.717, 1.165) is 6.07 Å². The molecule has 8 heteroatoms. The Morgan fingerprint density at radius 1 is 1.07 bits per heavy atom. The number of nitrogens with one attached hydrogen (secondary N) is 2. The third kappa shape index (κ3) is 4.40. The quantitative estimate of drug-likeness (QED) is 0.697. The molecule has 2 aromatic carbocycles. The number of nitrogens with zero attached hydrogens (tertiary/aromatic N) is 2. The summed E-state index contributed by atoms with van der Waals surface area (Å²) < 4.78 is 40.5. The van der Waals surface area contributed by atoms with Crippen LogP contribution < -0.4 is 10.0 Å². The van der Waals surface area contributed by atoms with Gasteiger partial charge in [-0.3, -0.25) is 4.72 Å². The Balaban J connectivity index is 1.75. The molecule has 0 saturated carbocycles. The van der Waals surface area contributed by atoms with Crippen LogP contribution in [0.2, 0.25) is 0 Å². The van der Waals surface area contributed by atoms with Crippen LogP contribution in [-0.4, -0.2) is 13.4 Å². The van der Waals surface area contributed by atoms with E-state index < -0.39 is 15.8 Å². The molecule has 0 unspecified atom stereocenters. The maximum atomic E-state index is 13.3. The number of halogens is 1. The van der Waals surface area contributed by atoms with Crippen LogP contribution in [0.25, 0.3) is 0 Å². The minimum absolute atomic E-state index is 0.0429. The van der Waals surface area contributed by atoms with Gasteiger partial charge in [-0.05, 0) is 61.0 Å². The molecule has 1 heterocycles. The maximum Gasteiger partial charge on any atom is 0.263 e. The van der Waals surface area contributed by atoms with Crippen LogP contribution in [0.3, 0.4) is 0 Å². The number of sulfonamides is 1. The van der Waals surface area contributed by atoms with Gasteiger partial charge < -0.3 is 5.32 Å². The summed E-state index contributed by atoms with van der Waals surface area (Å²) in [4.78, 5) is 4.03. The van der Waals surface area contributed by atoms with E-state index in [2.05, 4.69) is 21.1 Å². The highest BCUT2D eigenvalue weighted by molar-refractivity contribution is 7.92. The first-order chi connectivity index (χ1) is 12.9. The predicted molar refractivity (Wildman–Crippen MR) is 101 cm³/mol. The van der Waals surface area contributed by atoms with E-state index in [1.165, 1.54) is 31.3 Å². The molecule has 0 spiro atoms. The maximum absolute atomic E-state index is 13.3. The molecule has 0 aliphatic rings. The summed E-state index contributed by atoms with van der Waals surface area (Å²) in [5.74, 6) is -0.337. The summed E-state index contributed by atoms with van der Waals surface area (Å²) in [5.41, 5.74) is 2.11. The normalized spacial score (nSPS) is 10.9. The van der Waals surface area contributed by atoms with Crippen molar-refractivity contribution >= 4 is 27.2 Å². The highest BCUT2D eigenvalue weighted by atomic mass is 32.2. The number of aromatic nitrogens is 1. The van der Waals surface area contributed by atoms with Crippen molar-refractivity contribution in [3.05, 3.63) is 77.7 Å². The molecular weight excluding hydrogens is 367 g/mol. The fourth-order valence-corrected chi connectivity index (χ4v) is 3.44. The number of rotatable bonds is 5. The van der Waals surface area contributed by atoms with Crippen molar-refractivity contribution < 1.29 is 12.8 Å². The Morgan fingerprint density at radius 3 is 2.56 bits per heavy atom. The fourth-order valence-electron chi connectivity index (χ4n) is 2.34. The lowest BCUT2D eigenvalue weighted by Gasteiger charge is -2.10. The molecule has 0 saturated heterocycles. The summed E-state index contributed by atoms with van der Waals surface area (Å²) in [7, 11) is -3.87. The van der Waals surface area contributed by atoms with Crippen molar-refractivity contribution in [1.82, 2.24) is 4.98 Å². The molecule has 2 N–H and O–H groups in total. The number of hydrogen-bond acceptors (Lipinski definition) is 5. The zero-order chi connectivity index (χ0) is 19.4. The van der Waals surface area contributed by atoms with Gasteiger partial charge >= 0.3 is 0 Å². The second-order valence-electron chi connectivity index (χ2n) is 5.77. The van der Waals surface area contributed by atoms with Gasteiger partial charge in [-0.15, -0.1) is 0 Å². The van der Waals surface area contributed by atoms with Crippen molar-refractivity contribution in [2.75, 3.05) is 10.0 Å². The molecular formula is C19H15FN4O2S. The highest BCUT2D eigenvalue weighted by Gasteiger charge is 2.16. The van der Waals surface area contributed by atoms with Crippen LogP contribution in [0.5, 0.6) is 0 Å². The number of aryl methyl sites for hydroxylation is 1. The molecule has 0 radical (unpaired) electrons. The third-order valence-electron chi connectivity index (χ3n) is 3.72. The molecule has 3 aromatic rings. The van der Waals surface area contributed by atoms with E-state index in [1.54, 1.807) is 30.3 Å². The van der Waals surface area contributed by atoms with Crippen molar-refractivity contribution in [3.8, 4) is 6.07 Å². The minimum Gasteiger partial charge on any atom is -0.354 e. The average molecular weight is 382 g/mol. The van der Waals surface area contributed by atoms with E-state index in [1.807, 2.05) is 0 Å². The van der Waals surface area contributed by atoms with Crippen molar-refractivity contribution in [1.29, 1.82) is 5.26 Å². The van der Waals surface area contributed by atoms with Gasteiger partial charge in [-0.1, -0.05) is 6.07 Å². The molecule has 0 aliphatic heterocycles. The Morgan fingerprint density at radius 2 is 1.89 bits per heavy atom. The molecule has 0 atom stereocenters. The Kier molecular flexibility index (Phi) is 5.05. The number of nitriles is 1. The number of anilines is 3. The Hall–Kier alpha value is -3.44. The first kappa shape index (κ1) is 18.4. The van der Waals surface area contributed by atoms with Gasteiger partial charge in [-0.25, -0.2) is 17.8 Å². The summed E-state index contributed by atoms with van der Waals surface area (Å²) in [6, 6.07) is 15.7. The van der Waals surface area contributed by atoms with Gasteiger partial charge in [0.1, 0.15) is 11.6 Å². The molecule has 6 nitrogen and oxygen atoms in total. The summed E-state index contributed by atoms with van der Waals surface area (Å²) >= 11 is 0. The minimum atomic E-state index is -3.87. The van der Waals surface area contributed by atoms with Gasteiger partial charge in [0.2, 0.25) is 0 Å². The van der Waals surface area contributed by atoms with Crippen LogP contribution >= 0.6 is 0 Å². The smallest absolute Gasteiger partial charge is 0.263 e. The van der Waals surface area contributed by atoms with Gasteiger partial charge in [0, 0.05) is 5.69 Å². The standard InChI is InChI=1S/C19H15FN4O2S/c1-13-9-17(6-7-18(13)20)27(25,26)24-19-8-5-16(12-22-19)23-15-4-2-3-14(10-15)11-21/h2-10,12,23H,1H3,(H,22,24). The van der Waals surface area contributed by atoms with Gasteiger partial charge in [0.05, 0.1) is 28.4 Å². The van der Waals surface area contributed by atoms with Crippen molar-refractivity contribution in [2.45, 2.75) is 11.8 Å². The Labute approximate surface area is 156 Å². The van der Waals surface area contributed by atoms with Crippen LogP contribution in [0.15, 0.2) is 65.7 Å². The van der Waals surface area contributed by atoms with Gasteiger partial charge in [0.15, 0.2) is 0 Å². The summed E-state index contributed by atoms with van der Waals surface area (Å²) in [6.45, 7) is 1.49. The van der Waals surface area contributed by atoms with Gasteiger partial charge in [-0.2, -0.15) is 5.26 Å². The SMILES string of the molecule is Cc1cc(S(=O)(=O)Nc2ccc(Nc3cccc(C#N)c3)cn2)ccc1F. The van der Waals surface area contributed by atoms with E-state index >= 15 is 0 Å². The number of benzene rings is 2. The number of pyridine rings is 1. The molecule has 27 heavy (non-hydrogen) atoms. The third-order valence-corrected chi connectivity index (χ3v) is 5.07. The summed E-state index contributed by atoms with van der Waals surface area (Å²) in [5, 5.41) is 12.0. The first-order valence-electron chi connectivity index (χ1n) is 7.89. The van der Waals surface area contributed by atoms with Crippen LogP contribution in [-0.2, 0) is 10.0 Å². The van der Waals surface area contributed by atoms with E-state index in [4.69, 9.17) is 5.26 Å². The molecule has 0 amide bonds. The zero-order valence-electron chi connectivity index (χ0n) is 14.3. The number of hydrogen-bond donors (Lipinski definition) is 2. The zero-order valence-corrected chi connectivity index (χ0v) is 15.1. The Bertz CT molecular complexity index is 1120. The van der Waals surface area contributed by atoms with E-state index in [-0.39, 0.29) is 16.3 Å². The van der Waals surface area contributed by atoms with Gasteiger partial charge in [0.25, 0.3) is 10.0 Å². The summed E-state index contributed by atoms with van der Waals surface area (Å²) in [6.07, 6.45) is 1.47. The van der Waals surface area contributed by atoms with E-state index in [9.17, 15) is 12.8 Å². The molecule has 0 aliphatic carbocycles. The van der Waals surface area contributed by atoms with Crippen molar-refractivity contribution in [3.63, 3.8) is 0 Å². The highest BCUT2D eigenvalue weighted by Crippen LogP contribution is 2.20. The van der Waals surface area contributed by atoms with E-state index in [0.29, 0.717) is 16.9 Å². The molecule has 136 valence electrons. The topological polar surface area (TPSA) is 94.9 Å². The molecule has 0 bridgehead atoms. The van der Waals surface area contributed by atoms with Crippen LogP contribution in [0.4, 0.5) is 21.6 Å². The molecule has 3 rings (SSSR count). The lowest BCUT2D eigenvalue weighted by atomic mass is 10.2. The lowest BCUT2D eigenvalue weighted by Crippen LogP contribution is -2.14. The predicted octanol–water partition coefficient (Wildman–Crippen LogP) is 3.95. The van der Waals surface area contributed by atoms with Crippen LogP contribution in [0, 0.1) is 24.1 Å². The lowest BCUT2D eigenvalue weighted by molar-refractivity contribution is 0.598.